The van der Waals surface area contributed by atoms with Crippen molar-refractivity contribution in [2.24, 2.45) is 15.5 Å². The molecule has 0 aliphatic heterocycles. The number of nitrogens with zero attached hydrogens (tertiary/aromatic N) is 3. The van der Waals surface area contributed by atoms with E-state index in [9.17, 15) is 5.26 Å². The normalized spacial score (nSPS) is 11.4. The van der Waals surface area contributed by atoms with Crippen molar-refractivity contribution in [2.75, 3.05) is 0 Å². The predicted octanol–water partition coefficient (Wildman–Crippen LogP) is 3.47. The monoisotopic (exact) mass is 359 g/mol. The van der Waals surface area contributed by atoms with E-state index in [-0.39, 0.29) is 5.96 Å². The van der Waals surface area contributed by atoms with Gasteiger partial charge in [-0.25, -0.2) is 9.74 Å². The smallest absolute Gasteiger partial charge is 0.221 e. The van der Waals surface area contributed by atoms with Gasteiger partial charge in [-0.3, -0.25) is 5.09 Å². The van der Waals surface area contributed by atoms with Gasteiger partial charge in [0.25, 0.3) is 0 Å². The Balaban J connectivity index is 2.23. The van der Waals surface area contributed by atoms with Crippen LogP contribution >= 0.6 is 7.21 Å². The average molecular weight is 359 g/mol. The van der Waals surface area contributed by atoms with Gasteiger partial charge in [-0.15, -0.1) is 0 Å². The summed E-state index contributed by atoms with van der Waals surface area (Å²) in [5, 5.41) is 14.2. The molecule has 3 N–H and O–H groups in total. The lowest BCUT2D eigenvalue weighted by Crippen LogP contribution is -2.27. The molecule has 0 fully saturated rings. The first-order valence-corrected chi connectivity index (χ1v) is 9.78. The topological polar surface area (TPSA) is 86.6 Å². The van der Waals surface area contributed by atoms with Crippen molar-refractivity contribution >= 4 is 29.5 Å². The van der Waals surface area contributed by atoms with Gasteiger partial charge >= 0.3 is 0 Å². The van der Waals surface area contributed by atoms with Crippen LogP contribution in [-0.4, -0.2) is 5.96 Å². The Morgan fingerprint density at radius 1 is 0.808 bits per heavy atom. The fourth-order valence-electron chi connectivity index (χ4n) is 2.59. The first kappa shape index (κ1) is 17.5. The highest BCUT2D eigenvalue weighted by Crippen LogP contribution is 2.42. The molecule has 0 spiro atoms. The highest BCUT2D eigenvalue weighted by Gasteiger charge is 2.25. The number of guanidine groups is 1. The van der Waals surface area contributed by atoms with Crippen LogP contribution in [0.25, 0.3) is 0 Å². The van der Waals surface area contributed by atoms with Gasteiger partial charge < -0.3 is 5.73 Å². The zero-order valence-corrected chi connectivity index (χ0v) is 14.9. The van der Waals surface area contributed by atoms with E-state index in [4.69, 9.17) is 10.5 Å². The lowest BCUT2D eigenvalue weighted by atomic mass is 10.3. The van der Waals surface area contributed by atoms with Crippen LogP contribution in [0.4, 0.5) is 5.69 Å². The summed E-state index contributed by atoms with van der Waals surface area (Å²) in [6.07, 6.45) is 2.07. The van der Waals surface area contributed by atoms with Crippen molar-refractivity contribution < 1.29 is 0 Å². The van der Waals surface area contributed by atoms with Crippen molar-refractivity contribution in [2.45, 2.75) is 0 Å². The minimum Gasteiger partial charge on any atom is -0.368 e. The van der Waals surface area contributed by atoms with Gasteiger partial charge in [-0.2, -0.15) is 5.26 Å². The molecule has 6 heteroatoms. The number of hydrogen-bond acceptors (Lipinski definition) is 2. The van der Waals surface area contributed by atoms with Gasteiger partial charge in [0, 0.05) is 10.6 Å². The van der Waals surface area contributed by atoms with Gasteiger partial charge in [0.2, 0.25) is 5.96 Å². The van der Waals surface area contributed by atoms with E-state index in [0.717, 1.165) is 10.6 Å². The van der Waals surface area contributed by atoms with Crippen molar-refractivity contribution in [1.82, 2.24) is 5.09 Å². The van der Waals surface area contributed by atoms with E-state index in [1.54, 1.807) is 0 Å². The minimum absolute atomic E-state index is 0.125. The van der Waals surface area contributed by atoms with Gasteiger partial charge in [0.15, 0.2) is 6.19 Å². The number of nitrogens with one attached hydrogen (secondary N) is 1. The molecule has 0 atom stereocenters. The largest absolute Gasteiger partial charge is 0.368 e. The Morgan fingerprint density at radius 3 is 1.73 bits per heavy atom. The molecule has 3 aromatic rings. The number of aliphatic imine (C=N–C) groups is 1. The van der Waals surface area contributed by atoms with Crippen molar-refractivity contribution in [1.29, 1.82) is 5.26 Å². The fourth-order valence-corrected chi connectivity index (χ4v) is 5.13. The molecule has 3 rings (SSSR count). The molecular formula is C20H18N5P. The first-order valence-electron chi connectivity index (χ1n) is 8.04. The van der Waals surface area contributed by atoms with Crippen LogP contribution in [-0.2, 0) is 0 Å². The predicted molar refractivity (Wildman–Crippen MR) is 108 cm³/mol. The molecule has 0 aliphatic carbocycles. The van der Waals surface area contributed by atoms with E-state index in [1.165, 1.54) is 0 Å². The first-order chi connectivity index (χ1) is 12.7. The number of para-hydroxylation sites is 1. The number of nitrogens with two attached hydrogens (primary N) is 1. The Bertz CT molecular complexity index is 933. The maximum atomic E-state index is 9.45. The van der Waals surface area contributed by atoms with E-state index in [1.807, 2.05) is 91.0 Å². The van der Waals surface area contributed by atoms with Gasteiger partial charge in [0.05, 0.1) is 5.69 Å². The second kappa shape index (κ2) is 8.15. The van der Waals surface area contributed by atoms with Crippen LogP contribution in [0.15, 0.2) is 101 Å². The molecule has 0 amide bonds. The molecule has 3 aromatic carbocycles. The lowest BCUT2D eigenvalue weighted by molar-refractivity contribution is 1.32. The summed E-state index contributed by atoms with van der Waals surface area (Å²) in [5.41, 5.74) is 6.87. The average Bonchev–Trinajstić information content (AvgIpc) is 2.69. The van der Waals surface area contributed by atoms with Crippen LogP contribution in [0.3, 0.4) is 0 Å². The molecule has 5 nitrogen and oxygen atoms in total. The van der Waals surface area contributed by atoms with Gasteiger partial charge in [-0.05, 0) is 12.1 Å². The van der Waals surface area contributed by atoms with E-state index in [0.29, 0.717) is 5.69 Å². The van der Waals surface area contributed by atoms with E-state index in [2.05, 4.69) is 16.3 Å². The Hall–Kier alpha value is -3.35. The molecule has 0 saturated carbocycles. The molecule has 0 radical (unpaired) electrons. The van der Waals surface area contributed by atoms with Crippen molar-refractivity contribution in [3.05, 3.63) is 91.0 Å². The zero-order chi connectivity index (χ0) is 18.2. The number of nitriles is 1. The quantitative estimate of drug-likeness (QED) is 0.246. The molecule has 0 aliphatic rings. The van der Waals surface area contributed by atoms with Crippen LogP contribution < -0.4 is 21.4 Å². The molecule has 26 heavy (non-hydrogen) atoms. The highest BCUT2D eigenvalue weighted by atomic mass is 31.2. The number of hydrogen-bond donors (Lipinski definition) is 2. The summed E-state index contributed by atoms with van der Waals surface area (Å²) >= 11 is 0. The second-order valence-corrected chi connectivity index (χ2v) is 8.16. The van der Waals surface area contributed by atoms with Gasteiger partial charge in [-0.1, -0.05) is 78.9 Å². The summed E-state index contributed by atoms with van der Waals surface area (Å²) in [7, 11) is -2.64. The number of benzene rings is 3. The summed E-state index contributed by atoms with van der Waals surface area (Å²) < 4.78 is 4.74. The lowest BCUT2D eigenvalue weighted by Gasteiger charge is -2.23. The zero-order valence-electron chi connectivity index (χ0n) is 14.0. The third-order valence-electron chi connectivity index (χ3n) is 3.72. The molecule has 128 valence electrons. The summed E-state index contributed by atoms with van der Waals surface area (Å²) in [4.78, 5) is 4.38. The minimum atomic E-state index is -2.64. The maximum Gasteiger partial charge on any atom is 0.221 e. The Labute approximate surface area is 152 Å². The highest BCUT2D eigenvalue weighted by molar-refractivity contribution is 7.79. The maximum absolute atomic E-state index is 9.45. The third kappa shape index (κ3) is 3.83. The molecule has 0 bridgehead atoms. The van der Waals surface area contributed by atoms with E-state index < -0.39 is 7.21 Å². The Kier molecular flexibility index (Phi) is 5.48. The SMILES string of the molecule is N#CNP(=NC(N)=Nc1ccccc1)(c1ccccc1)c1ccccc1. The summed E-state index contributed by atoms with van der Waals surface area (Å²) in [5.74, 6) is 0.125. The fraction of sp³-hybridized carbons (Fsp3) is 0. The summed E-state index contributed by atoms with van der Waals surface area (Å²) in [6, 6.07) is 28.7. The molecule has 0 saturated heterocycles. The molecular weight excluding hydrogens is 341 g/mol. The standard InChI is InChI=1S/C20H18N5P/c21-16-23-26(18-12-6-2-7-13-18,19-14-8-3-9-15-19)25-20(22)24-17-10-4-1-5-11-17/h1-15,23H,(H2,22,24). The molecule has 0 heterocycles. The van der Waals surface area contributed by atoms with Crippen LogP contribution in [0.1, 0.15) is 0 Å². The molecule has 0 aromatic heterocycles. The second-order valence-electron chi connectivity index (χ2n) is 5.44. The van der Waals surface area contributed by atoms with E-state index >= 15 is 0 Å². The Morgan fingerprint density at radius 2 is 1.27 bits per heavy atom. The van der Waals surface area contributed by atoms with Crippen LogP contribution in [0.5, 0.6) is 0 Å². The van der Waals surface area contributed by atoms with Crippen molar-refractivity contribution in [3.8, 4) is 6.19 Å². The number of rotatable bonds is 4. The molecule has 0 unspecified atom stereocenters. The van der Waals surface area contributed by atoms with Crippen LogP contribution in [0.2, 0.25) is 0 Å². The third-order valence-corrected chi connectivity index (χ3v) is 6.74. The summed E-state index contributed by atoms with van der Waals surface area (Å²) in [6.45, 7) is 0. The van der Waals surface area contributed by atoms with Crippen LogP contribution in [0, 0.1) is 11.5 Å². The van der Waals surface area contributed by atoms with Gasteiger partial charge in [0.1, 0.15) is 7.21 Å². The van der Waals surface area contributed by atoms with Crippen molar-refractivity contribution in [3.63, 3.8) is 0 Å².